The third-order valence-electron chi connectivity index (χ3n) is 3.61. The van der Waals surface area contributed by atoms with Crippen LogP contribution in [0, 0.1) is 13.8 Å². The molecule has 0 aliphatic rings. The lowest BCUT2D eigenvalue weighted by molar-refractivity contribution is -0.130. The van der Waals surface area contributed by atoms with Crippen molar-refractivity contribution in [2.45, 2.75) is 40.5 Å². The van der Waals surface area contributed by atoms with Crippen LogP contribution in [0.25, 0.3) is 0 Å². The molecule has 0 N–H and O–H groups in total. The largest absolute Gasteiger partial charge is 0.344 e. The van der Waals surface area contributed by atoms with Crippen molar-refractivity contribution < 1.29 is 9.59 Å². The van der Waals surface area contributed by atoms with E-state index in [9.17, 15) is 9.59 Å². The summed E-state index contributed by atoms with van der Waals surface area (Å²) in [6, 6.07) is 3.77. The second-order valence-electron chi connectivity index (χ2n) is 5.69. The van der Waals surface area contributed by atoms with Crippen LogP contribution in [0.2, 0.25) is 5.02 Å². The second kappa shape index (κ2) is 8.18. The van der Waals surface area contributed by atoms with Crippen molar-refractivity contribution in [1.82, 2.24) is 4.90 Å². The van der Waals surface area contributed by atoms with Crippen molar-refractivity contribution in [3.8, 4) is 0 Å². The molecule has 0 saturated carbocycles. The molecule has 0 saturated heterocycles. The zero-order valence-electron chi connectivity index (χ0n) is 14.1. The number of hydrogen-bond donors (Lipinski definition) is 0. The van der Waals surface area contributed by atoms with Gasteiger partial charge in [0.25, 0.3) is 0 Å². The van der Waals surface area contributed by atoms with Crippen LogP contribution >= 0.6 is 11.6 Å². The Morgan fingerprint density at radius 2 is 1.86 bits per heavy atom. The van der Waals surface area contributed by atoms with Crippen molar-refractivity contribution >= 4 is 29.1 Å². The number of carbonyl (C=O) groups is 2. The molecule has 22 heavy (non-hydrogen) atoms. The fourth-order valence-corrected chi connectivity index (χ4v) is 2.80. The molecule has 1 aromatic rings. The van der Waals surface area contributed by atoms with Crippen molar-refractivity contribution in [1.29, 1.82) is 0 Å². The first kappa shape index (κ1) is 18.5. The standard InChI is InChI=1S/C17H25ClN2O2/c1-6-7-8-19(5)16(22)11-20(14(4)21)17-13(3)9-12(2)10-15(17)18/h9-10H,6-8,11H2,1-5H3. The van der Waals surface area contributed by atoms with E-state index in [4.69, 9.17) is 11.6 Å². The molecule has 0 fully saturated rings. The first-order valence-corrected chi connectivity index (χ1v) is 7.94. The van der Waals surface area contributed by atoms with Gasteiger partial charge in [-0.05, 0) is 37.5 Å². The molecular formula is C17H25ClN2O2. The summed E-state index contributed by atoms with van der Waals surface area (Å²) in [5.74, 6) is -0.272. The normalized spacial score (nSPS) is 10.5. The molecule has 0 radical (unpaired) electrons. The molecule has 0 heterocycles. The second-order valence-corrected chi connectivity index (χ2v) is 6.09. The lowest BCUT2D eigenvalue weighted by Gasteiger charge is -2.26. The molecule has 122 valence electrons. The maximum Gasteiger partial charge on any atom is 0.242 e. The van der Waals surface area contributed by atoms with Crippen LogP contribution < -0.4 is 4.90 Å². The van der Waals surface area contributed by atoms with Gasteiger partial charge < -0.3 is 9.80 Å². The van der Waals surface area contributed by atoms with E-state index < -0.39 is 0 Å². The number of hydrogen-bond acceptors (Lipinski definition) is 2. The number of nitrogens with zero attached hydrogens (tertiary/aromatic N) is 2. The number of benzene rings is 1. The molecule has 0 aliphatic carbocycles. The van der Waals surface area contributed by atoms with Crippen LogP contribution in [0.3, 0.4) is 0 Å². The third kappa shape index (κ3) is 4.73. The average Bonchev–Trinajstić information content (AvgIpc) is 2.42. The van der Waals surface area contributed by atoms with Crippen LogP contribution in [0.5, 0.6) is 0 Å². The fraction of sp³-hybridized carbons (Fsp3) is 0.529. The maximum atomic E-state index is 12.3. The van der Waals surface area contributed by atoms with Gasteiger partial charge in [-0.3, -0.25) is 9.59 Å². The van der Waals surface area contributed by atoms with Gasteiger partial charge in [0, 0.05) is 20.5 Å². The molecule has 5 heteroatoms. The van der Waals surface area contributed by atoms with E-state index in [0.717, 1.165) is 24.0 Å². The van der Waals surface area contributed by atoms with E-state index in [0.29, 0.717) is 17.3 Å². The van der Waals surface area contributed by atoms with Gasteiger partial charge in [-0.1, -0.05) is 31.0 Å². The summed E-state index contributed by atoms with van der Waals surface area (Å²) in [6.07, 6.45) is 1.98. The molecule has 2 amide bonds. The zero-order valence-corrected chi connectivity index (χ0v) is 14.8. The Labute approximate surface area is 138 Å². The van der Waals surface area contributed by atoms with Crippen LogP contribution in [-0.2, 0) is 9.59 Å². The highest BCUT2D eigenvalue weighted by atomic mass is 35.5. The number of likely N-dealkylation sites (N-methyl/N-ethyl adjacent to an activating group) is 1. The van der Waals surface area contributed by atoms with Gasteiger partial charge in [0.2, 0.25) is 11.8 Å². The molecule has 1 aromatic carbocycles. The molecular weight excluding hydrogens is 300 g/mol. The third-order valence-corrected chi connectivity index (χ3v) is 3.90. The van der Waals surface area contributed by atoms with Gasteiger partial charge in [-0.15, -0.1) is 0 Å². The number of aryl methyl sites for hydroxylation is 2. The van der Waals surface area contributed by atoms with Gasteiger partial charge in [0.15, 0.2) is 0 Å². The smallest absolute Gasteiger partial charge is 0.242 e. The van der Waals surface area contributed by atoms with E-state index in [1.54, 1.807) is 11.9 Å². The number of unbranched alkanes of at least 4 members (excludes halogenated alkanes) is 1. The molecule has 0 spiro atoms. The fourth-order valence-electron chi connectivity index (χ4n) is 2.37. The lowest BCUT2D eigenvalue weighted by Crippen LogP contribution is -2.41. The minimum absolute atomic E-state index is 0.0131. The van der Waals surface area contributed by atoms with Gasteiger partial charge in [0.05, 0.1) is 10.7 Å². The van der Waals surface area contributed by atoms with E-state index in [2.05, 4.69) is 6.92 Å². The van der Waals surface area contributed by atoms with Crippen molar-refractivity contribution in [3.05, 3.63) is 28.3 Å². The first-order chi connectivity index (χ1) is 10.3. The highest BCUT2D eigenvalue weighted by molar-refractivity contribution is 6.34. The number of amides is 2. The Morgan fingerprint density at radius 3 is 2.36 bits per heavy atom. The van der Waals surface area contributed by atoms with Crippen LogP contribution in [-0.4, -0.2) is 36.9 Å². The zero-order chi connectivity index (χ0) is 16.9. The van der Waals surface area contributed by atoms with E-state index in [1.165, 1.54) is 11.8 Å². The van der Waals surface area contributed by atoms with Gasteiger partial charge >= 0.3 is 0 Å². The summed E-state index contributed by atoms with van der Waals surface area (Å²) in [6.45, 7) is 8.09. The Kier molecular flexibility index (Phi) is 6.88. The van der Waals surface area contributed by atoms with Gasteiger partial charge in [-0.25, -0.2) is 0 Å². The van der Waals surface area contributed by atoms with E-state index in [-0.39, 0.29) is 18.4 Å². The molecule has 0 aliphatic heterocycles. The van der Waals surface area contributed by atoms with Crippen molar-refractivity contribution in [3.63, 3.8) is 0 Å². The summed E-state index contributed by atoms with van der Waals surface area (Å²) in [4.78, 5) is 27.4. The minimum Gasteiger partial charge on any atom is -0.344 e. The molecule has 4 nitrogen and oxygen atoms in total. The Bertz CT molecular complexity index is 535. The quantitative estimate of drug-likeness (QED) is 0.802. The van der Waals surface area contributed by atoms with E-state index in [1.807, 2.05) is 26.0 Å². The molecule has 0 bridgehead atoms. The van der Waals surface area contributed by atoms with E-state index >= 15 is 0 Å². The number of anilines is 1. The number of halogens is 1. The van der Waals surface area contributed by atoms with Crippen molar-refractivity contribution in [2.75, 3.05) is 25.0 Å². The maximum absolute atomic E-state index is 12.3. The lowest BCUT2D eigenvalue weighted by atomic mass is 10.1. The minimum atomic E-state index is -0.189. The summed E-state index contributed by atoms with van der Waals surface area (Å²) in [5, 5.41) is 0.497. The SMILES string of the molecule is CCCCN(C)C(=O)CN(C(C)=O)c1c(C)cc(C)cc1Cl. The van der Waals surface area contributed by atoms with Crippen LogP contribution in [0.1, 0.15) is 37.8 Å². The first-order valence-electron chi connectivity index (χ1n) is 7.56. The molecule has 0 aromatic heterocycles. The summed E-state index contributed by atoms with van der Waals surface area (Å²) in [7, 11) is 1.76. The Balaban J connectivity index is 3.01. The average molecular weight is 325 g/mol. The topological polar surface area (TPSA) is 40.6 Å². The predicted octanol–water partition coefficient (Wildman–Crippen LogP) is 3.57. The molecule has 0 unspecified atom stereocenters. The predicted molar refractivity (Wildman–Crippen MR) is 91.5 cm³/mol. The summed E-state index contributed by atoms with van der Waals surface area (Å²) >= 11 is 6.30. The monoisotopic (exact) mass is 324 g/mol. The Morgan fingerprint density at radius 1 is 1.23 bits per heavy atom. The highest BCUT2D eigenvalue weighted by Crippen LogP contribution is 2.31. The van der Waals surface area contributed by atoms with Gasteiger partial charge in [0.1, 0.15) is 6.54 Å². The highest BCUT2D eigenvalue weighted by Gasteiger charge is 2.22. The molecule has 0 atom stereocenters. The van der Waals surface area contributed by atoms with Crippen LogP contribution in [0.4, 0.5) is 5.69 Å². The summed E-state index contributed by atoms with van der Waals surface area (Å²) in [5.41, 5.74) is 2.54. The number of rotatable bonds is 6. The number of carbonyl (C=O) groups excluding carboxylic acids is 2. The molecule has 1 rings (SSSR count). The Hall–Kier alpha value is -1.55. The van der Waals surface area contributed by atoms with Crippen LogP contribution in [0.15, 0.2) is 12.1 Å². The summed E-state index contributed by atoms with van der Waals surface area (Å²) < 4.78 is 0. The van der Waals surface area contributed by atoms with Crippen molar-refractivity contribution in [2.24, 2.45) is 0 Å². The van der Waals surface area contributed by atoms with Gasteiger partial charge in [-0.2, -0.15) is 0 Å².